The molecule has 2 heterocycles. The van der Waals surface area contributed by atoms with Crippen LogP contribution in [0.25, 0.3) is 0 Å². The Kier molecular flexibility index (Phi) is 7.22. The van der Waals surface area contributed by atoms with Crippen molar-refractivity contribution in [3.63, 3.8) is 0 Å². The highest BCUT2D eigenvalue weighted by Crippen LogP contribution is 2.43. The predicted octanol–water partition coefficient (Wildman–Crippen LogP) is 2.66. The summed E-state index contributed by atoms with van der Waals surface area (Å²) in [5.74, 6) is 1.87. The first-order valence-electron chi connectivity index (χ1n) is 9.26. The van der Waals surface area contributed by atoms with Crippen LogP contribution < -0.4 is 5.32 Å². The van der Waals surface area contributed by atoms with Crippen LogP contribution in [0.15, 0.2) is 4.99 Å². The molecule has 2 aliphatic heterocycles. The molecule has 3 rings (SSSR count). The lowest BCUT2D eigenvalue weighted by atomic mass is 9.73. The number of sulfone groups is 1. The Hall–Kier alpha value is -0.0500. The molecule has 0 aromatic carbocycles. The summed E-state index contributed by atoms with van der Waals surface area (Å²) >= 11 is 0. The zero-order valence-corrected chi connectivity index (χ0v) is 17.9. The zero-order valence-electron chi connectivity index (χ0n) is 14.8. The second-order valence-electron chi connectivity index (χ2n) is 7.70. The van der Waals surface area contributed by atoms with E-state index in [-0.39, 0.29) is 29.9 Å². The number of nitrogens with zero attached hydrogens (tertiary/aromatic N) is 2. The first kappa shape index (κ1) is 20.3. The smallest absolute Gasteiger partial charge is 0.193 e. The molecule has 7 heteroatoms. The van der Waals surface area contributed by atoms with Crippen molar-refractivity contribution in [1.82, 2.24) is 10.2 Å². The van der Waals surface area contributed by atoms with Crippen molar-refractivity contribution in [3.05, 3.63) is 0 Å². The predicted molar refractivity (Wildman–Crippen MR) is 110 cm³/mol. The van der Waals surface area contributed by atoms with Gasteiger partial charge in [-0.05, 0) is 43.9 Å². The summed E-state index contributed by atoms with van der Waals surface area (Å²) in [5.41, 5.74) is 0.519. The van der Waals surface area contributed by atoms with Crippen LogP contribution >= 0.6 is 24.0 Å². The lowest BCUT2D eigenvalue weighted by molar-refractivity contribution is 0.203. The number of aliphatic imine (C=N–C) groups is 1. The Bertz CT molecular complexity index is 544. The molecule has 0 amide bonds. The number of guanidine groups is 1. The van der Waals surface area contributed by atoms with Gasteiger partial charge in [-0.25, -0.2) is 8.42 Å². The fourth-order valence-electron chi connectivity index (χ4n) is 4.48. The van der Waals surface area contributed by atoms with Gasteiger partial charge in [0.1, 0.15) is 0 Å². The summed E-state index contributed by atoms with van der Waals surface area (Å²) in [5, 5.41) is 3.42. The summed E-state index contributed by atoms with van der Waals surface area (Å²) in [4.78, 5) is 7.20. The van der Waals surface area contributed by atoms with E-state index in [1.807, 2.05) is 0 Å². The van der Waals surface area contributed by atoms with Crippen LogP contribution in [0.4, 0.5) is 0 Å². The molecule has 0 aromatic rings. The highest BCUT2D eigenvalue weighted by molar-refractivity contribution is 14.0. The Morgan fingerprint density at radius 3 is 2.62 bits per heavy atom. The van der Waals surface area contributed by atoms with Crippen molar-refractivity contribution in [3.8, 4) is 0 Å². The number of halogens is 1. The van der Waals surface area contributed by atoms with E-state index < -0.39 is 9.84 Å². The fourth-order valence-corrected chi connectivity index (χ4v) is 6.33. The molecule has 0 aromatic heterocycles. The van der Waals surface area contributed by atoms with Crippen molar-refractivity contribution < 1.29 is 8.42 Å². The maximum Gasteiger partial charge on any atom is 0.193 e. The second kappa shape index (κ2) is 8.56. The van der Waals surface area contributed by atoms with Gasteiger partial charge >= 0.3 is 0 Å². The number of hydrogen-bond donors (Lipinski definition) is 1. The molecule has 1 atom stereocenters. The number of likely N-dealkylation sites (tertiary alicyclic amines) is 1. The first-order valence-corrected chi connectivity index (χ1v) is 11.1. The minimum absolute atomic E-state index is 0. The standard InChI is InChI=1S/C17H31N3O2S.HI/c1-2-18-16(19-12-15-6-11-23(21,22)13-15)20-10-9-17(14-20)7-4-3-5-8-17;/h15H,2-14H2,1H3,(H,18,19);1H. The van der Waals surface area contributed by atoms with E-state index in [0.29, 0.717) is 23.5 Å². The molecule has 0 radical (unpaired) electrons. The van der Waals surface area contributed by atoms with Crippen LogP contribution in [0, 0.1) is 11.3 Å². The van der Waals surface area contributed by atoms with Crippen LogP contribution in [0.1, 0.15) is 51.9 Å². The largest absolute Gasteiger partial charge is 0.357 e. The molecular formula is C17H32IN3O2S. The molecule has 1 unspecified atom stereocenters. The minimum Gasteiger partial charge on any atom is -0.357 e. The normalized spacial score (nSPS) is 28.8. The number of rotatable bonds is 3. The number of hydrogen-bond acceptors (Lipinski definition) is 3. The third kappa shape index (κ3) is 4.99. The van der Waals surface area contributed by atoms with Crippen LogP contribution in [-0.2, 0) is 9.84 Å². The first-order chi connectivity index (χ1) is 11.0. The number of nitrogens with one attached hydrogen (secondary N) is 1. The van der Waals surface area contributed by atoms with E-state index in [1.54, 1.807) is 0 Å². The van der Waals surface area contributed by atoms with Crippen molar-refractivity contribution >= 4 is 39.8 Å². The maximum atomic E-state index is 11.6. The molecule has 1 N–H and O–H groups in total. The van der Waals surface area contributed by atoms with Gasteiger partial charge in [0, 0.05) is 26.2 Å². The molecular weight excluding hydrogens is 437 g/mol. The van der Waals surface area contributed by atoms with E-state index in [1.165, 1.54) is 38.5 Å². The lowest BCUT2D eigenvalue weighted by Gasteiger charge is -2.33. The molecule has 1 aliphatic carbocycles. The van der Waals surface area contributed by atoms with E-state index in [0.717, 1.165) is 32.0 Å². The maximum absolute atomic E-state index is 11.6. The van der Waals surface area contributed by atoms with Gasteiger partial charge in [0.05, 0.1) is 11.5 Å². The van der Waals surface area contributed by atoms with Crippen LogP contribution in [0.5, 0.6) is 0 Å². The Labute approximate surface area is 164 Å². The summed E-state index contributed by atoms with van der Waals surface area (Å²) in [6.45, 7) is 5.83. The van der Waals surface area contributed by atoms with Gasteiger partial charge in [0.2, 0.25) is 0 Å². The van der Waals surface area contributed by atoms with Gasteiger partial charge in [-0.2, -0.15) is 0 Å². The summed E-state index contributed by atoms with van der Waals surface area (Å²) in [6.07, 6.45) is 8.94. The second-order valence-corrected chi connectivity index (χ2v) is 9.92. The summed E-state index contributed by atoms with van der Waals surface area (Å²) in [6, 6.07) is 0. The van der Waals surface area contributed by atoms with Crippen LogP contribution in [0.2, 0.25) is 0 Å². The third-order valence-electron chi connectivity index (χ3n) is 5.81. The molecule has 3 aliphatic rings. The molecule has 1 spiro atoms. The van der Waals surface area contributed by atoms with Gasteiger partial charge in [0.15, 0.2) is 15.8 Å². The fraction of sp³-hybridized carbons (Fsp3) is 0.941. The SMILES string of the molecule is CCNC(=NCC1CCS(=O)(=O)C1)N1CCC2(CCCCC2)C1.I. The van der Waals surface area contributed by atoms with Gasteiger partial charge in [-0.15, -0.1) is 24.0 Å². The topological polar surface area (TPSA) is 61.8 Å². The Morgan fingerprint density at radius 2 is 2.00 bits per heavy atom. The Balaban J connectivity index is 0.00000208. The lowest BCUT2D eigenvalue weighted by Crippen LogP contribution is -2.42. The van der Waals surface area contributed by atoms with Gasteiger partial charge in [0.25, 0.3) is 0 Å². The van der Waals surface area contributed by atoms with Crippen molar-refractivity contribution in [2.75, 3.05) is 37.7 Å². The average molecular weight is 469 g/mol. The van der Waals surface area contributed by atoms with E-state index in [4.69, 9.17) is 4.99 Å². The van der Waals surface area contributed by atoms with Crippen LogP contribution in [-0.4, -0.2) is 57.0 Å². The van der Waals surface area contributed by atoms with Gasteiger partial charge in [-0.3, -0.25) is 4.99 Å². The van der Waals surface area contributed by atoms with Crippen molar-refractivity contribution in [2.45, 2.75) is 51.9 Å². The average Bonchev–Trinajstić information content (AvgIpc) is 3.08. The summed E-state index contributed by atoms with van der Waals surface area (Å²) in [7, 11) is -2.80. The molecule has 1 saturated carbocycles. The summed E-state index contributed by atoms with van der Waals surface area (Å²) < 4.78 is 23.2. The third-order valence-corrected chi connectivity index (χ3v) is 7.65. The molecule has 0 bridgehead atoms. The van der Waals surface area contributed by atoms with Crippen molar-refractivity contribution in [1.29, 1.82) is 0 Å². The molecule has 2 saturated heterocycles. The highest BCUT2D eigenvalue weighted by atomic mass is 127. The van der Waals surface area contributed by atoms with Gasteiger partial charge in [-0.1, -0.05) is 19.3 Å². The minimum atomic E-state index is -2.80. The molecule has 24 heavy (non-hydrogen) atoms. The quantitative estimate of drug-likeness (QED) is 0.392. The molecule has 140 valence electrons. The zero-order chi connectivity index (χ0) is 16.3. The van der Waals surface area contributed by atoms with Gasteiger partial charge < -0.3 is 10.2 Å². The van der Waals surface area contributed by atoms with Crippen molar-refractivity contribution in [2.24, 2.45) is 16.3 Å². The molecule has 5 nitrogen and oxygen atoms in total. The van der Waals surface area contributed by atoms with Crippen LogP contribution in [0.3, 0.4) is 0 Å². The van der Waals surface area contributed by atoms with E-state index in [2.05, 4.69) is 17.1 Å². The Morgan fingerprint density at radius 1 is 1.25 bits per heavy atom. The van der Waals surface area contributed by atoms with E-state index >= 15 is 0 Å². The monoisotopic (exact) mass is 469 g/mol. The van der Waals surface area contributed by atoms with E-state index in [9.17, 15) is 8.42 Å². The highest BCUT2D eigenvalue weighted by Gasteiger charge is 2.39. The molecule has 3 fully saturated rings.